The molecule has 9 heteroatoms. The summed E-state index contributed by atoms with van der Waals surface area (Å²) in [5.41, 5.74) is 2.77. The minimum absolute atomic E-state index is 0.0398. The highest BCUT2D eigenvalue weighted by Crippen LogP contribution is 2.28. The number of nitrogens with zero attached hydrogens (tertiary/aromatic N) is 5. The summed E-state index contributed by atoms with van der Waals surface area (Å²) in [7, 11) is 3.36. The highest BCUT2D eigenvalue weighted by molar-refractivity contribution is 7.13. The normalized spacial score (nSPS) is 13.8. The molecule has 3 heterocycles. The van der Waals surface area contributed by atoms with Gasteiger partial charge in [-0.15, -0.1) is 11.3 Å². The summed E-state index contributed by atoms with van der Waals surface area (Å²) < 4.78 is 1.84. The van der Waals surface area contributed by atoms with Crippen LogP contribution in [0.4, 0.5) is 4.79 Å². The fourth-order valence-electron chi connectivity index (χ4n) is 3.67. The first kappa shape index (κ1) is 21.8. The quantitative estimate of drug-likeness (QED) is 0.493. The molecule has 4 amide bonds. The molecule has 1 aliphatic rings. The van der Waals surface area contributed by atoms with Gasteiger partial charge < -0.3 is 9.80 Å². The smallest absolute Gasteiger partial charge is 0.326 e. The van der Waals surface area contributed by atoms with E-state index in [1.807, 2.05) is 58.7 Å². The Morgan fingerprint density at radius 2 is 1.94 bits per heavy atom. The minimum atomic E-state index is -0.301. The number of urea groups is 1. The highest BCUT2D eigenvalue weighted by atomic mass is 32.1. The Hall–Kier alpha value is -3.46. The zero-order valence-electron chi connectivity index (χ0n) is 18.1. The van der Waals surface area contributed by atoms with Gasteiger partial charge in [0.2, 0.25) is 11.8 Å². The van der Waals surface area contributed by atoms with Crippen molar-refractivity contribution in [1.82, 2.24) is 24.5 Å². The molecule has 1 fully saturated rings. The van der Waals surface area contributed by atoms with Crippen molar-refractivity contribution in [3.63, 3.8) is 0 Å². The largest absolute Gasteiger partial charge is 0.341 e. The van der Waals surface area contributed by atoms with Gasteiger partial charge in [-0.1, -0.05) is 24.3 Å². The van der Waals surface area contributed by atoms with E-state index in [0.717, 1.165) is 21.8 Å². The van der Waals surface area contributed by atoms with Gasteiger partial charge in [-0.25, -0.2) is 9.48 Å². The summed E-state index contributed by atoms with van der Waals surface area (Å²) in [6, 6.07) is 13.6. The highest BCUT2D eigenvalue weighted by Gasteiger charge is 2.33. The van der Waals surface area contributed by atoms with E-state index in [-0.39, 0.29) is 37.4 Å². The molecular formula is C23H25N5O3S. The zero-order chi connectivity index (χ0) is 22.7. The summed E-state index contributed by atoms with van der Waals surface area (Å²) in [5.74, 6) is -0.255. The Labute approximate surface area is 190 Å². The van der Waals surface area contributed by atoms with Crippen LogP contribution in [0.25, 0.3) is 16.3 Å². The fourth-order valence-corrected chi connectivity index (χ4v) is 4.42. The summed E-state index contributed by atoms with van der Waals surface area (Å²) in [6.07, 6.45) is 2.67. The predicted octanol–water partition coefficient (Wildman–Crippen LogP) is 3.23. The lowest BCUT2D eigenvalue weighted by Gasteiger charge is -2.18. The molecule has 8 nitrogen and oxygen atoms in total. The van der Waals surface area contributed by atoms with Crippen LogP contribution in [-0.4, -0.2) is 69.5 Å². The monoisotopic (exact) mass is 451 g/mol. The number of aromatic nitrogens is 2. The number of imide groups is 1. The second-order valence-electron chi connectivity index (χ2n) is 7.80. The Balaban J connectivity index is 1.42. The lowest BCUT2D eigenvalue weighted by Crippen LogP contribution is -2.33. The van der Waals surface area contributed by atoms with Crippen molar-refractivity contribution in [1.29, 1.82) is 0 Å². The van der Waals surface area contributed by atoms with Crippen LogP contribution in [0.15, 0.2) is 54.0 Å². The van der Waals surface area contributed by atoms with Gasteiger partial charge in [0.25, 0.3) is 0 Å². The van der Waals surface area contributed by atoms with Crippen molar-refractivity contribution >= 4 is 29.2 Å². The average molecular weight is 452 g/mol. The Bertz CT molecular complexity index is 1110. The van der Waals surface area contributed by atoms with E-state index < -0.39 is 0 Å². The summed E-state index contributed by atoms with van der Waals surface area (Å²) >= 11 is 1.61. The topological polar surface area (TPSA) is 78.8 Å². The van der Waals surface area contributed by atoms with E-state index in [9.17, 15) is 14.4 Å². The minimum Gasteiger partial charge on any atom is -0.341 e. The standard InChI is InChI=1S/C23H25N5O3S/c1-25(20(29)11-6-12-27-21(30)16-26(2)23(27)31)14-17-15-28(18-8-4-3-5-9-18)24-22(17)19-10-7-13-32-19/h3-5,7-10,13,15H,6,11-12,14,16H2,1-2H3. The molecule has 0 atom stereocenters. The van der Waals surface area contributed by atoms with Gasteiger partial charge in [0.1, 0.15) is 12.2 Å². The van der Waals surface area contributed by atoms with Crippen molar-refractivity contribution in [3.05, 3.63) is 59.6 Å². The maximum Gasteiger partial charge on any atom is 0.326 e. The van der Waals surface area contributed by atoms with E-state index in [0.29, 0.717) is 13.0 Å². The van der Waals surface area contributed by atoms with Crippen LogP contribution in [0.5, 0.6) is 0 Å². The van der Waals surface area contributed by atoms with E-state index in [1.54, 1.807) is 30.3 Å². The van der Waals surface area contributed by atoms with Crippen LogP contribution >= 0.6 is 11.3 Å². The molecule has 0 saturated carbocycles. The van der Waals surface area contributed by atoms with Gasteiger partial charge in [0.05, 0.1) is 10.6 Å². The molecule has 0 radical (unpaired) electrons. The van der Waals surface area contributed by atoms with Crippen molar-refractivity contribution < 1.29 is 14.4 Å². The van der Waals surface area contributed by atoms with Crippen molar-refractivity contribution in [2.24, 2.45) is 0 Å². The Morgan fingerprint density at radius 3 is 2.59 bits per heavy atom. The number of thiophene rings is 1. The van der Waals surface area contributed by atoms with Crippen LogP contribution in [0.1, 0.15) is 18.4 Å². The second-order valence-corrected chi connectivity index (χ2v) is 8.75. The lowest BCUT2D eigenvalue weighted by molar-refractivity contribution is -0.131. The van der Waals surface area contributed by atoms with Gasteiger partial charge in [-0.05, 0) is 30.0 Å². The number of para-hydroxylation sites is 1. The van der Waals surface area contributed by atoms with Crippen molar-refractivity contribution in [3.8, 4) is 16.3 Å². The number of hydrogen-bond acceptors (Lipinski definition) is 5. The first-order valence-corrected chi connectivity index (χ1v) is 11.3. The fraction of sp³-hybridized carbons (Fsp3) is 0.304. The third-order valence-electron chi connectivity index (χ3n) is 5.40. The van der Waals surface area contributed by atoms with E-state index >= 15 is 0 Å². The third-order valence-corrected chi connectivity index (χ3v) is 6.28. The molecule has 0 N–H and O–H groups in total. The van der Waals surface area contributed by atoms with E-state index in [1.165, 1.54) is 9.80 Å². The molecule has 0 aliphatic carbocycles. The molecule has 0 unspecified atom stereocenters. The number of benzene rings is 1. The molecule has 4 rings (SSSR count). The van der Waals surface area contributed by atoms with Crippen molar-refractivity contribution in [2.45, 2.75) is 19.4 Å². The number of carbonyl (C=O) groups is 3. The van der Waals surface area contributed by atoms with Gasteiger partial charge >= 0.3 is 6.03 Å². The second kappa shape index (κ2) is 9.35. The van der Waals surface area contributed by atoms with E-state index in [4.69, 9.17) is 5.10 Å². The third kappa shape index (κ3) is 4.57. The molecular weight excluding hydrogens is 426 g/mol. The molecule has 166 valence electrons. The number of carbonyl (C=O) groups excluding carboxylic acids is 3. The van der Waals surface area contributed by atoms with Crippen LogP contribution < -0.4 is 0 Å². The first-order chi connectivity index (χ1) is 15.4. The van der Waals surface area contributed by atoms with Crippen LogP contribution in [-0.2, 0) is 16.1 Å². The van der Waals surface area contributed by atoms with Crippen LogP contribution in [0.3, 0.4) is 0 Å². The SMILES string of the molecule is CN(Cc1cn(-c2ccccc2)nc1-c1cccs1)C(=O)CCCN1C(=O)CN(C)C1=O. The Morgan fingerprint density at radius 1 is 1.16 bits per heavy atom. The van der Waals surface area contributed by atoms with Crippen molar-refractivity contribution in [2.75, 3.05) is 27.2 Å². The molecule has 32 heavy (non-hydrogen) atoms. The average Bonchev–Trinajstić information content (AvgIpc) is 3.51. The summed E-state index contributed by atoms with van der Waals surface area (Å²) in [6.45, 7) is 0.779. The molecule has 3 aromatic rings. The van der Waals surface area contributed by atoms with Gasteiger partial charge in [-0.3, -0.25) is 14.5 Å². The first-order valence-electron chi connectivity index (χ1n) is 10.4. The number of likely N-dealkylation sites (N-methyl/N-ethyl adjacent to an activating group) is 1. The summed E-state index contributed by atoms with van der Waals surface area (Å²) in [4.78, 5) is 41.9. The zero-order valence-corrected chi connectivity index (χ0v) is 18.9. The summed E-state index contributed by atoms with van der Waals surface area (Å²) in [5, 5.41) is 6.78. The van der Waals surface area contributed by atoms with Gasteiger partial charge in [0.15, 0.2) is 0 Å². The van der Waals surface area contributed by atoms with Gasteiger partial charge in [-0.2, -0.15) is 5.10 Å². The number of rotatable bonds is 8. The maximum absolute atomic E-state index is 12.7. The van der Waals surface area contributed by atoms with Crippen LogP contribution in [0.2, 0.25) is 0 Å². The molecule has 0 spiro atoms. The predicted molar refractivity (Wildman–Crippen MR) is 122 cm³/mol. The van der Waals surface area contributed by atoms with Gasteiger partial charge in [0, 0.05) is 45.4 Å². The molecule has 1 aliphatic heterocycles. The maximum atomic E-state index is 12.7. The van der Waals surface area contributed by atoms with Crippen LogP contribution in [0, 0.1) is 0 Å². The molecule has 0 bridgehead atoms. The number of amides is 4. The lowest BCUT2D eigenvalue weighted by atomic mass is 10.2. The molecule has 2 aromatic heterocycles. The Kier molecular flexibility index (Phi) is 6.36. The molecule has 1 aromatic carbocycles. The molecule has 1 saturated heterocycles. The number of hydrogen-bond donors (Lipinski definition) is 0. The van der Waals surface area contributed by atoms with E-state index in [2.05, 4.69) is 0 Å².